The molecule has 0 aromatic heterocycles. The summed E-state index contributed by atoms with van der Waals surface area (Å²) in [6, 6.07) is 0. The van der Waals surface area contributed by atoms with Crippen LogP contribution in [0.3, 0.4) is 0 Å². The number of ether oxygens (including phenoxy) is 1. The van der Waals surface area contributed by atoms with E-state index < -0.39 is 0 Å². The standard InChI is InChI=1S/C25H37NO2/c1-5-21-15-20(9-7-6-8-18(2)3)10-11-22(21)14-19(4)23-12-13-25(16-23)17-28-24(27)26-25/h5,8,14,20,23H,4,6-7,9-13,15-17H2,1-3H3,(H,26,27)/b21-5-,22-14-/t20-,23-,25+/m0/s1. The Morgan fingerprint density at radius 3 is 2.82 bits per heavy atom. The molecular weight excluding hydrogens is 346 g/mol. The molecule has 0 aromatic carbocycles. The van der Waals surface area contributed by atoms with Crippen LogP contribution in [0.1, 0.15) is 78.6 Å². The lowest BCUT2D eigenvalue weighted by Gasteiger charge is -2.27. The Morgan fingerprint density at radius 2 is 2.14 bits per heavy atom. The molecule has 1 amide bonds. The molecule has 0 unspecified atom stereocenters. The third-order valence-electron chi connectivity index (χ3n) is 6.80. The molecule has 3 aliphatic rings. The summed E-state index contributed by atoms with van der Waals surface area (Å²) in [5.74, 6) is 1.28. The Balaban J connectivity index is 1.53. The van der Waals surface area contributed by atoms with Crippen molar-refractivity contribution >= 4 is 6.09 Å². The monoisotopic (exact) mass is 383 g/mol. The van der Waals surface area contributed by atoms with E-state index in [1.165, 1.54) is 60.8 Å². The van der Waals surface area contributed by atoms with E-state index in [4.69, 9.17) is 4.74 Å². The Morgan fingerprint density at radius 1 is 1.32 bits per heavy atom. The number of unbranched alkanes of at least 4 members (excludes halogenated alkanes) is 1. The maximum Gasteiger partial charge on any atom is 0.407 e. The lowest BCUT2D eigenvalue weighted by atomic mass is 9.78. The van der Waals surface area contributed by atoms with Gasteiger partial charge in [0.2, 0.25) is 0 Å². The van der Waals surface area contributed by atoms with Gasteiger partial charge in [-0.2, -0.15) is 0 Å². The molecule has 1 aliphatic heterocycles. The van der Waals surface area contributed by atoms with Gasteiger partial charge in [-0.25, -0.2) is 4.79 Å². The molecule has 3 nitrogen and oxygen atoms in total. The SMILES string of the molecule is C=C(/C=C1/CC[C@H](CCCC=C(C)C)C/C1=C/C)[C@H]1CC[C@]2(COC(=O)N2)C1. The Kier molecular flexibility index (Phi) is 6.85. The third-order valence-corrected chi connectivity index (χ3v) is 6.80. The summed E-state index contributed by atoms with van der Waals surface area (Å²) in [5, 5.41) is 3.04. The first kappa shape index (κ1) is 21.0. The predicted molar refractivity (Wildman–Crippen MR) is 116 cm³/mol. The van der Waals surface area contributed by atoms with Crippen molar-refractivity contribution in [2.24, 2.45) is 11.8 Å². The predicted octanol–water partition coefficient (Wildman–Crippen LogP) is 6.63. The number of nitrogens with one attached hydrogen (secondary N) is 1. The minimum atomic E-state index is -0.260. The van der Waals surface area contributed by atoms with Crippen molar-refractivity contribution in [2.75, 3.05) is 6.61 Å². The normalized spacial score (nSPS) is 32.6. The second-order valence-electron chi connectivity index (χ2n) is 9.30. The fraction of sp³-hybridized carbons (Fsp3) is 0.640. The molecule has 3 fully saturated rings. The molecule has 3 heteroatoms. The van der Waals surface area contributed by atoms with E-state index >= 15 is 0 Å². The fourth-order valence-corrected chi connectivity index (χ4v) is 5.10. The quantitative estimate of drug-likeness (QED) is 0.413. The second kappa shape index (κ2) is 9.15. The summed E-state index contributed by atoms with van der Waals surface area (Å²) in [5.41, 5.74) is 5.52. The van der Waals surface area contributed by atoms with Crippen LogP contribution in [0, 0.1) is 11.8 Å². The average molecular weight is 384 g/mol. The van der Waals surface area contributed by atoms with Crippen LogP contribution in [0.5, 0.6) is 0 Å². The first-order valence-electron chi connectivity index (χ1n) is 11.0. The van der Waals surface area contributed by atoms with Crippen LogP contribution >= 0.6 is 0 Å². The van der Waals surface area contributed by atoms with E-state index in [0.29, 0.717) is 12.5 Å². The topological polar surface area (TPSA) is 38.3 Å². The number of rotatable bonds is 6. The number of amides is 1. The van der Waals surface area contributed by atoms with Crippen LogP contribution < -0.4 is 5.32 Å². The average Bonchev–Trinajstić information content (AvgIpc) is 3.25. The smallest absolute Gasteiger partial charge is 0.407 e. The molecule has 1 N–H and O–H groups in total. The number of allylic oxidation sites excluding steroid dienone is 7. The molecule has 0 bridgehead atoms. The van der Waals surface area contributed by atoms with Crippen molar-refractivity contribution in [3.63, 3.8) is 0 Å². The number of carbonyl (C=O) groups excluding carboxylic acids is 1. The lowest BCUT2D eigenvalue weighted by Crippen LogP contribution is -2.40. The molecule has 3 atom stereocenters. The van der Waals surface area contributed by atoms with E-state index in [1.807, 2.05) is 0 Å². The van der Waals surface area contributed by atoms with Crippen LogP contribution in [0.2, 0.25) is 0 Å². The summed E-state index contributed by atoms with van der Waals surface area (Å²) < 4.78 is 5.16. The van der Waals surface area contributed by atoms with Gasteiger partial charge in [0.15, 0.2) is 0 Å². The van der Waals surface area contributed by atoms with Crippen LogP contribution in [0.4, 0.5) is 4.79 Å². The van der Waals surface area contributed by atoms with Crippen molar-refractivity contribution < 1.29 is 9.53 Å². The Hall–Kier alpha value is -1.77. The Bertz CT molecular complexity index is 695. The van der Waals surface area contributed by atoms with Gasteiger partial charge >= 0.3 is 6.09 Å². The van der Waals surface area contributed by atoms with Crippen molar-refractivity contribution in [3.8, 4) is 0 Å². The molecule has 2 saturated carbocycles. The first-order chi connectivity index (χ1) is 13.4. The summed E-state index contributed by atoms with van der Waals surface area (Å²) in [4.78, 5) is 11.5. The largest absolute Gasteiger partial charge is 0.447 e. The minimum absolute atomic E-state index is 0.143. The maximum atomic E-state index is 11.5. The zero-order valence-electron chi connectivity index (χ0n) is 18.0. The zero-order chi connectivity index (χ0) is 20.1. The zero-order valence-corrected chi connectivity index (χ0v) is 18.0. The van der Waals surface area contributed by atoms with Gasteiger partial charge in [0.05, 0.1) is 5.54 Å². The molecule has 1 saturated heterocycles. The molecule has 154 valence electrons. The number of cyclic esters (lactones) is 1. The van der Waals surface area contributed by atoms with Gasteiger partial charge < -0.3 is 10.1 Å². The molecular formula is C25H37NO2. The van der Waals surface area contributed by atoms with E-state index in [2.05, 4.69) is 50.9 Å². The molecule has 1 heterocycles. The highest BCUT2D eigenvalue weighted by atomic mass is 16.6. The van der Waals surface area contributed by atoms with Gasteiger partial charge in [-0.3, -0.25) is 0 Å². The maximum absolute atomic E-state index is 11.5. The van der Waals surface area contributed by atoms with Crippen LogP contribution in [-0.4, -0.2) is 18.2 Å². The molecule has 0 aromatic rings. The van der Waals surface area contributed by atoms with E-state index in [-0.39, 0.29) is 11.6 Å². The van der Waals surface area contributed by atoms with E-state index in [9.17, 15) is 4.79 Å². The highest BCUT2D eigenvalue weighted by molar-refractivity contribution is 5.70. The van der Waals surface area contributed by atoms with Crippen molar-refractivity contribution in [3.05, 3.63) is 47.1 Å². The first-order valence-corrected chi connectivity index (χ1v) is 11.0. The number of hydrogen-bond donors (Lipinski definition) is 1. The summed E-state index contributed by atoms with van der Waals surface area (Å²) in [6.45, 7) is 11.5. The highest BCUT2D eigenvalue weighted by Crippen LogP contribution is 2.42. The van der Waals surface area contributed by atoms with Gasteiger partial charge in [-0.15, -0.1) is 0 Å². The van der Waals surface area contributed by atoms with Crippen molar-refractivity contribution in [1.29, 1.82) is 0 Å². The molecule has 28 heavy (non-hydrogen) atoms. The lowest BCUT2D eigenvalue weighted by molar-refractivity contribution is 0.172. The number of alkyl carbamates (subject to hydrolysis) is 1. The van der Waals surface area contributed by atoms with Crippen LogP contribution in [-0.2, 0) is 4.74 Å². The van der Waals surface area contributed by atoms with Crippen molar-refractivity contribution in [1.82, 2.24) is 5.32 Å². The minimum Gasteiger partial charge on any atom is -0.447 e. The summed E-state index contributed by atoms with van der Waals surface area (Å²) in [6.07, 6.45) is 17.3. The van der Waals surface area contributed by atoms with Crippen molar-refractivity contribution in [2.45, 2.75) is 84.1 Å². The van der Waals surface area contributed by atoms with E-state index in [0.717, 1.165) is 25.2 Å². The fourth-order valence-electron chi connectivity index (χ4n) is 5.10. The number of hydrogen-bond acceptors (Lipinski definition) is 2. The summed E-state index contributed by atoms with van der Waals surface area (Å²) >= 11 is 0. The molecule has 0 radical (unpaired) electrons. The Labute approximate surface area is 171 Å². The van der Waals surface area contributed by atoms with Crippen LogP contribution in [0.15, 0.2) is 47.1 Å². The van der Waals surface area contributed by atoms with Gasteiger partial charge in [0, 0.05) is 0 Å². The molecule has 2 aliphatic carbocycles. The molecule has 3 rings (SSSR count). The summed E-state index contributed by atoms with van der Waals surface area (Å²) in [7, 11) is 0. The van der Waals surface area contributed by atoms with Gasteiger partial charge in [-0.05, 0) is 102 Å². The van der Waals surface area contributed by atoms with E-state index in [1.54, 1.807) is 0 Å². The van der Waals surface area contributed by atoms with Crippen LogP contribution in [0.25, 0.3) is 0 Å². The second-order valence-corrected chi connectivity index (χ2v) is 9.30. The van der Waals surface area contributed by atoms with Gasteiger partial charge in [-0.1, -0.05) is 36.0 Å². The third kappa shape index (κ3) is 5.18. The van der Waals surface area contributed by atoms with Gasteiger partial charge in [0.1, 0.15) is 6.61 Å². The molecule has 1 spiro atoms. The highest BCUT2D eigenvalue weighted by Gasteiger charge is 2.46. The number of carbonyl (C=O) groups is 1. The van der Waals surface area contributed by atoms with Gasteiger partial charge in [0.25, 0.3) is 0 Å².